The molecule has 0 unspecified atom stereocenters. The first kappa shape index (κ1) is 19.6. The third kappa shape index (κ3) is 5.86. The molecule has 0 saturated carbocycles. The highest BCUT2D eigenvalue weighted by molar-refractivity contribution is 14.0. The monoisotopic (exact) mass is 409 g/mol. The highest BCUT2D eigenvalue weighted by Crippen LogP contribution is 2.34. The van der Waals surface area contributed by atoms with Crippen LogP contribution < -0.4 is 25.3 Å². The molecule has 0 amide bonds. The second kappa shape index (κ2) is 9.54. The van der Waals surface area contributed by atoms with Crippen molar-refractivity contribution >= 4 is 29.9 Å². The highest BCUT2D eigenvalue weighted by atomic mass is 127. The van der Waals surface area contributed by atoms with Crippen LogP contribution in [0.4, 0.5) is 0 Å². The van der Waals surface area contributed by atoms with E-state index in [9.17, 15) is 0 Å². The van der Waals surface area contributed by atoms with Crippen molar-refractivity contribution < 1.29 is 14.2 Å². The number of nitrogens with two attached hydrogens (primary N) is 1. The molecule has 0 bridgehead atoms. The van der Waals surface area contributed by atoms with E-state index in [0.717, 1.165) is 5.56 Å². The first-order valence-electron chi connectivity index (χ1n) is 6.37. The largest absolute Gasteiger partial charge is 0.496 e. The lowest BCUT2D eigenvalue weighted by molar-refractivity contribution is 0.369. The molecule has 3 N–H and O–H groups in total. The van der Waals surface area contributed by atoms with E-state index in [2.05, 4.69) is 10.3 Å². The summed E-state index contributed by atoms with van der Waals surface area (Å²) in [6.45, 7) is 4.36. The van der Waals surface area contributed by atoms with Gasteiger partial charge >= 0.3 is 0 Å². The Morgan fingerprint density at radius 3 is 2.05 bits per heavy atom. The molecule has 0 aliphatic rings. The Morgan fingerprint density at radius 2 is 1.67 bits per heavy atom. The molecule has 21 heavy (non-hydrogen) atoms. The van der Waals surface area contributed by atoms with Crippen molar-refractivity contribution in [3.8, 4) is 17.2 Å². The molecule has 0 atom stereocenters. The van der Waals surface area contributed by atoms with Crippen LogP contribution in [-0.4, -0.2) is 33.3 Å². The maximum absolute atomic E-state index is 5.79. The van der Waals surface area contributed by atoms with Crippen LogP contribution in [0.2, 0.25) is 0 Å². The summed E-state index contributed by atoms with van der Waals surface area (Å²) in [4.78, 5) is 4.29. The van der Waals surface area contributed by atoms with Crippen LogP contribution in [0.1, 0.15) is 19.4 Å². The Morgan fingerprint density at radius 1 is 1.14 bits per heavy atom. The van der Waals surface area contributed by atoms with E-state index in [0.29, 0.717) is 29.8 Å². The van der Waals surface area contributed by atoms with Gasteiger partial charge in [0.2, 0.25) is 0 Å². The predicted molar refractivity (Wildman–Crippen MR) is 95.1 cm³/mol. The number of nitrogens with one attached hydrogen (secondary N) is 1. The number of hydrogen-bond donors (Lipinski definition) is 2. The molecule has 0 aliphatic heterocycles. The SMILES string of the molecule is COc1cc(OC)c(CN=C(N)NC(C)C)c(OC)c1.I. The molecule has 0 spiro atoms. The maximum Gasteiger partial charge on any atom is 0.189 e. The second-order valence-electron chi connectivity index (χ2n) is 4.51. The number of methoxy groups -OCH3 is 3. The van der Waals surface area contributed by atoms with Crippen LogP contribution >= 0.6 is 24.0 Å². The number of hydrogen-bond acceptors (Lipinski definition) is 4. The molecule has 0 heterocycles. The molecule has 0 aromatic heterocycles. The van der Waals surface area contributed by atoms with E-state index in [1.54, 1.807) is 33.5 Å². The second-order valence-corrected chi connectivity index (χ2v) is 4.51. The van der Waals surface area contributed by atoms with Gasteiger partial charge in [-0.05, 0) is 13.8 Å². The fourth-order valence-corrected chi connectivity index (χ4v) is 1.74. The van der Waals surface area contributed by atoms with Crippen molar-refractivity contribution in [1.29, 1.82) is 0 Å². The number of ether oxygens (including phenoxy) is 3. The van der Waals surface area contributed by atoms with Gasteiger partial charge < -0.3 is 25.3 Å². The van der Waals surface area contributed by atoms with Crippen LogP contribution in [0, 0.1) is 0 Å². The third-order valence-electron chi connectivity index (χ3n) is 2.66. The van der Waals surface area contributed by atoms with Crippen LogP contribution in [0.25, 0.3) is 0 Å². The molecule has 0 radical (unpaired) electrons. The van der Waals surface area contributed by atoms with E-state index in [1.807, 2.05) is 13.8 Å². The first-order valence-corrected chi connectivity index (χ1v) is 6.37. The predicted octanol–water partition coefficient (Wildman–Crippen LogP) is 2.14. The summed E-state index contributed by atoms with van der Waals surface area (Å²) in [5.41, 5.74) is 6.62. The van der Waals surface area contributed by atoms with Crippen molar-refractivity contribution in [3.05, 3.63) is 17.7 Å². The number of rotatable bonds is 6. The summed E-state index contributed by atoms with van der Waals surface area (Å²) in [5, 5.41) is 3.03. The zero-order valence-corrected chi connectivity index (χ0v) is 15.4. The highest BCUT2D eigenvalue weighted by Gasteiger charge is 2.13. The molecule has 1 aromatic carbocycles. The number of nitrogens with zero attached hydrogens (tertiary/aromatic N) is 1. The molecule has 0 aliphatic carbocycles. The van der Waals surface area contributed by atoms with E-state index in [-0.39, 0.29) is 30.0 Å². The lowest BCUT2D eigenvalue weighted by Gasteiger charge is -2.14. The average molecular weight is 409 g/mol. The molecular weight excluding hydrogens is 385 g/mol. The van der Waals surface area contributed by atoms with E-state index in [1.165, 1.54) is 0 Å². The lowest BCUT2D eigenvalue weighted by Crippen LogP contribution is -2.36. The van der Waals surface area contributed by atoms with E-state index >= 15 is 0 Å². The zero-order valence-electron chi connectivity index (χ0n) is 13.1. The summed E-state index contributed by atoms with van der Waals surface area (Å²) in [5.74, 6) is 2.37. The molecule has 1 aromatic rings. The van der Waals surface area contributed by atoms with E-state index in [4.69, 9.17) is 19.9 Å². The summed E-state index contributed by atoms with van der Waals surface area (Å²) in [6.07, 6.45) is 0. The summed E-state index contributed by atoms with van der Waals surface area (Å²) in [6, 6.07) is 3.82. The Balaban J connectivity index is 0.00000400. The van der Waals surface area contributed by atoms with Crippen LogP contribution in [0.5, 0.6) is 17.2 Å². The Bertz CT molecular complexity index is 454. The molecule has 120 valence electrons. The normalized spacial score (nSPS) is 10.9. The fraction of sp³-hybridized carbons (Fsp3) is 0.500. The van der Waals surface area contributed by atoms with Crippen molar-refractivity contribution in [1.82, 2.24) is 5.32 Å². The Hall–Kier alpha value is -1.38. The fourth-order valence-electron chi connectivity index (χ4n) is 1.74. The number of aliphatic imine (C=N–C) groups is 1. The average Bonchev–Trinajstić information content (AvgIpc) is 2.43. The third-order valence-corrected chi connectivity index (χ3v) is 2.66. The summed E-state index contributed by atoms with van der Waals surface area (Å²) < 4.78 is 15.9. The molecule has 6 nitrogen and oxygen atoms in total. The topological polar surface area (TPSA) is 78.1 Å². The quantitative estimate of drug-likeness (QED) is 0.428. The molecule has 0 saturated heterocycles. The van der Waals surface area contributed by atoms with Gasteiger partial charge in [-0.15, -0.1) is 24.0 Å². The lowest BCUT2D eigenvalue weighted by atomic mass is 10.1. The smallest absolute Gasteiger partial charge is 0.189 e. The molecule has 0 fully saturated rings. The summed E-state index contributed by atoms with van der Waals surface area (Å²) in [7, 11) is 4.78. The van der Waals surface area contributed by atoms with Crippen molar-refractivity contribution in [2.24, 2.45) is 10.7 Å². The van der Waals surface area contributed by atoms with Crippen molar-refractivity contribution in [3.63, 3.8) is 0 Å². The molecule has 1 rings (SSSR count). The van der Waals surface area contributed by atoms with Gasteiger partial charge in [-0.1, -0.05) is 0 Å². The minimum atomic E-state index is 0. The number of benzene rings is 1. The van der Waals surface area contributed by atoms with Gasteiger partial charge in [0.15, 0.2) is 5.96 Å². The standard InChI is InChI=1S/C14H23N3O3.HI/c1-9(2)17-14(15)16-8-11-12(19-4)6-10(18-3)7-13(11)20-5;/h6-7,9H,8H2,1-5H3,(H3,15,16,17);1H. The Labute approximate surface area is 143 Å². The van der Waals surface area contributed by atoms with Crippen molar-refractivity contribution in [2.45, 2.75) is 26.4 Å². The molecular formula is C14H24IN3O3. The minimum Gasteiger partial charge on any atom is -0.496 e. The van der Waals surface area contributed by atoms with Gasteiger partial charge in [0.1, 0.15) is 17.2 Å². The number of guanidine groups is 1. The minimum absolute atomic E-state index is 0. The van der Waals surface area contributed by atoms with Gasteiger partial charge in [0.25, 0.3) is 0 Å². The maximum atomic E-state index is 5.79. The van der Waals surface area contributed by atoms with Gasteiger partial charge in [-0.2, -0.15) is 0 Å². The number of halogens is 1. The van der Waals surface area contributed by atoms with Crippen molar-refractivity contribution in [2.75, 3.05) is 21.3 Å². The summed E-state index contributed by atoms with van der Waals surface area (Å²) >= 11 is 0. The van der Waals surface area contributed by atoms with Gasteiger partial charge in [0.05, 0.1) is 33.4 Å². The van der Waals surface area contributed by atoms with Crippen LogP contribution in [0.3, 0.4) is 0 Å². The van der Waals surface area contributed by atoms with Crippen LogP contribution in [-0.2, 0) is 6.54 Å². The van der Waals surface area contributed by atoms with Gasteiger partial charge in [-0.25, -0.2) is 4.99 Å². The molecule has 7 heteroatoms. The Kier molecular flexibility index (Phi) is 8.91. The van der Waals surface area contributed by atoms with Crippen LogP contribution in [0.15, 0.2) is 17.1 Å². The van der Waals surface area contributed by atoms with Gasteiger partial charge in [-0.3, -0.25) is 0 Å². The zero-order chi connectivity index (χ0) is 15.1. The van der Waals surface area contributed by atoms with Gasteiger partial charge in [0, 0.05) is 18.2 Å². The first-order chi connectivity index (χ1) is 9.51. The van der Waals surface area contributed by atoms with E-state index < -0.39 is 0 Å².